The number of nitrogens with zero attached hydrogens (tertiary/aromatic N) is 4. The number of carbonyl (C=O) groups excluding carboxylic acids is 2. The quantitative estimate of drug-likeness (QED) is 0.556. The normalized spacial score (nSPS) is 14.0. The minimum Gasteiger partial charge on any atom is -0.468 e. The molecule has 1 aliphatic rings. The molecular formula is C24H22F3N5O3. The lowest BCUT2D eigenvalue weighted by Gasteiger charge is -2.25. The molecule has 35 heavy (non-hydrogen) atoms. The summed E-state index contributed by atoms with van der Waals surface area (Å²) >= 11 is 0. The number of aromatic nitrogens is 3. The molecule has 0 bridgehead atoms. The number of ether oxygens (including phenoxy) is 1. The van der Waals surface area contributed by atoms with Gasteiger partial charge in [0.1, 0.15) is 5.82 Å². The lowest BCUT2D eigenvalue weighted by molar-refractivity contribution is -0.154. The largest absolute Gasteiger partial charge is 0.468 e. The van der Waals surface area contributed by atoms with E-state index in [-0.39, 0.29) is 24.1 Å². The Bertz CT molecular complexity index is 1280. The Labute approximate surface area is 199 Å². The highest BCUT2D eigenvalue weighted by molar-refractivity contribution is 6.06. The number of carbonyl (C=O) groups is 2. The smallest absolute Gasteiger partial charge is 0.422 e. The van der Waals surface area contributed by atoms with Crippen LogP contribution in [0, 0.1) is 13.8 Å². The second kappa shape index (κ2) is 9.32. The minimum absolute atomic E-state index is 0.117. The van der Waals surface area contributed by atoms with Crippen molar-refractivity contribution in [3.05, 3.63) is 76.4 Å². The van der Waals surface area contributed by atoms with E-state index in [4.69, 9.17) is 4.74 Å². The molecule has 1 N–H and O–H groups in total. The predicted octanol–water partition coefficient (Wildman–Crippen LogP) is 4.40. The van der Waals surface area contributed by atoms with Gasteiger partial charge in [0.05, 0.1) is 18.2 Å². The van der Waals surface area contributed by atoms with Crippen molar-refractivity contribution < 1.29 is 27.5 Å². The molecule has 182 valence electrons. The highest BCUT2D eigenvalue weighted by Crippen LogP contribution is 2.35. The molecule has 3 aromatic heterocycles. The third-order valence-corrected chi connectivity index (χ3v) is 5.65. The van der Waals surface area contributed by atoms with E-state index in [1.54, 1.807) is 43.0 Å². The molecule has 0 fully saturated rings. The molecule has 1 unspecified atom stereocenters. The number of hydrogen-bond acceptors (Lipinski definition) is 6. The van der Waals surface area contributed by atoms with E-state index in [0.29, 0.717) is 27.8 Å². The Balaban J connectivity index is 1.52. The number of alkyl halides is 3. The number of hydrogen-bond donors (Lipinski definition) is 1. The average Bonchev–Trinajstić information content (AvgIpc) is 3.15. The summed E-state index contributed by atoms with van der Waals surface area (Å²) in [4.78, 5) is 39.7. The molecule has 8 nitrogen and oxygen atoms in total. The Morgan fingerprint density at radius 2 is 1.94 bits per heavy atom. The van der Waals surface area contributed by atoms with E-state index in [0.717, 1.165) is 5.69 Å². The molecule has 4 rings (SSSR count). The molecular weight excluding hydrogens is 463 g/mol. The van der Waals surface area contributed by atoms with Gasteiger partial charge in [-0.1, -0.05) is 0 Å². The Hall–Kier alpha value is -4.02. The first-order valence-corrected chi connectivity index (χ1v) is 10.7. The first kappa shape index (κ1) is 24.1. The Morgan fingerprint density at radius 1 is 1.17 bits per heavy atom. The van der Waals surface area contributed by atoms with E-state index in [1.165, 1.54) is 18.6 Å². The van der Waals surface area contributed by atoms with Crippen molar-refractivity contribution >= 4 is 17.6 Å². The predicted molar refractivity (Wildman–Crippen MR) is 120 cm³/mol. The van der Waals surface area contributed by atoms with Gasteiger partial charge in [-0.05, 0) is 50.6 Å². The molecule has 0 radical (unpaired) electrons. The van der Waals surface area contributed by atoms with Gasteiger partial charge in [0.15, 0.2) is 6.61 Å². The van der Waals surface area contributed by atoms with Crippen LogP contribution in [0.3, 0.4) is 0 Å². The Morgan fingerprint density at radius 3 is 2.60 bits per heavy atom. The van der Waals surface area contributed by atoms with E-state index in [9.17, 15) is 22.8 Å². The van der Waals surface area contributed by atoms with Crippen LogP contribution in [0.5, 0.6) is 5.88 Å². The van der Waals surface area contributed by atoms with Gasteiger partial charge in [-0.3, -0.25) is 14.6 Å². The van der Waals surface area contributed by atoms with Crippen molar-refractivity contribution in [2.45, 2.75) is 39.5 Å². The van der Waals surface area contributed by atoms with Crippen LogP contribution in [0.25, 0.3) is 0 Å². The van der Waals surface area contributed by atoms with Gasteiger partial charge < -0.3 is 15.0 Å². The molecule has 3 aromatic rings. The fourth-order valence-electron chi connectivity index (χ4n) is 3.75. The van der Waals surface area contributed by atoms with Crippen molar-refractivity contribution in [1.29, 1.82) is 0 Å². The van der Waals surface area contributed by atoms with E-state index >= 15 is 0 Å². The standard InChI is InChI=1S/C24H22F3N5O3/c1-13-8-17(10-30-22(13)35-12-24(25,26)27)15(3)32-11-19-18(23(32)34)6-7-28-20(19)31-21(33)16-5-4-14(2)29-9-16/h4-10,15H,11-12H2,1-3H3,(H,28,31,33). The highest BCUT2D eigenvalue weighted by Gasteiger charge is 2.34. The maximum atomic E-state index is 13.1. The SMILES string of the molecule is Cc1ccc(C(=O)Nc2nccc3c2CN(C(C)c2cnc(OCC(F)(F)F)c(C)c2)C3=O)cn1. The molecule has 2 amide bonds. The van der Waals surface area contributed by atoms with Crippen LogP contribution in [-0.4, -0.2) is 44.4 Å². The third kappa shape index (κ3) is 5.23. The number of aryl methyl sites for hydroxylation is 2. The molecule has 0 saturated carbocycles. The number of pyridine rings is 3. The van der Waals surface area contributed by atoms with Gasteiger partial charge >= 0.3 is 6.18 Å². The molecule has 11 heteroatoms. The van der Waals surface area contributed by atoms with Crippen LogP contribution in [0.1, 0.15) is 56.1 Å². The lowest BCUT2D eigenvalue weighted by atomic mass is 10.1. The summed E-state index contributed by atoms with van der Waals surface area (Å²) in [7, 11) is 0. The number of anilines is 1. The molecule has 0 saturated heterocycles. The van der Waals surface area contributed by atoms with Crippen molar-refractivity contribution in [3.8, 4) is 5.88 Å². The first-order valence-electron chi connectivity index (χ1n) is 10.7. The molecule has 0 aromatic carbocycles. The minimum atomic E-state index is -4.47. The van der Waals surface area contributed by atoms with Gasteiger partial charge in [-0.25, -0.2) is 9.97 Å². The van der Waals surface area contributed by atoms with Crippen molar-refractivity contribution in [1.82, 2.24) is 19.9 Å². The van der Waals surface area contributed by atoms with Crippen molar-refractivity contribution in [2.75, 3.05) is 11.9 Å². The number of amides is 2. The fourth-order valence-corrected chi connectivity index (χ4v) is 3.75. The molecule has 4 heterocycles. The number of halogens is 3. The summed E-state index contributed by atoms with van der Waals surface area (Å²) in [6.45, 7) is 3.95. The van der Waals surface area contributed by atoms with Crippen LogP contribution in [-0.2, 0) is 6.54 Å². The third-order valence-electron chi connectivity index (χ3n) is 5.65. The molecule has 0 spiro atoms. The summed E-state index contributed by atoms with van der Waals surface area (Å²) in [5.74, 6) is -0.487. The molecule has 1 aliphatic heterocycles. The van der Waals surface area contributed by atoms with Crippen LogP contribution < -0.4 is 10.1 Å². The second-order valence-electron chi connectivity index (χ2n) is 8.23. The summed E-state index contributed by atoms with van der Waals surface area (Å²) < 4.78 is 42.1. The van der Waals surface area contributed by atoms with E-state index < -0.39 is 24.7 Å². The van der Waals surface area contributed by atoms with Gasteiger partial charge in [-0.2, -0.15) is 13.2 Å². The number of fused-ring (bicyclic) bond motifs is 1. The van der Waals surface area contributed by atoms with Crippen molar-refractivity contribution in [3.63, 3.8) is 0 Å². The zero-order valence-electron chi connectivity index (χ0n) is 19.2. The van der Waals surface area contributed by atoms with Crippen molar-refractivity contribution in [2.24, 2.45) is 0 Å². The first-order chi connectivity index (χ1) is 16.5. The summed E-state index contributed by atoms with van der Waals surface area (Å²) in [5.41, 5.74) is 3.18. The summed E-state index contributed by atoms with van der Waals surface area (Å²) in [6, 6.07) is 6.16. The van der Waals surface area contributed by atoms with Crippen LogP contribution in [0.15, 0.2) is 42.9 Å². The van der Waals surface area contributed by atoms with E-state index in [2.05, 4.69) is 20.3 Å². The van der Waals surface area contributed by atoms with Gasteiger partial charge in [0.25, 0.3) is 11.8 Å². The number of rotatable bonds is 6. The van der Waals surface area contributed by atoms with Crippen LogP contribution >= 0.6 is 0 Å². The van der Waals surface area contributed by atoms with Gasteiger partial charge in [0.2, 0.25) is 5.88 Å². The maximum Gasteiger partial charge on any atom is 0.422 e. The zero-order valence-corrected chi connectivity index (χ0v) is 19.2. The van der Waals surface area contributed by atoms with Crippen LogP contribution in [0.2, 0.25) is 0 Å². The molecule has 1 atom stereocenters. The zero-order chi connectivity index (χ0) is 25.3. The average molecular weight is 485 g/mol. The highest BCUT2D eigenvalue weighted by atomic mass is 19.4. The van der Waals surface area contributed by atoms with E-state index in [1.807, 2.05) is 6.92 Å². The monoisotopic (exact) mass is 485 g/mol. The summed E-state index contributed by atoms with van der Waals surface area (Å²) in [5, 5.41) is 2.75. The number of nitrogens with one attached hydrogen (secondary N) is 1. The Kier molecular flexibility index (Phi) is 6.42. The van der Waals surface area contributed by atoms with Gasteiger partial charge in [0, 0.05) is 41.0 Å². The lowest BCUT2D eigenvalue weighted by Crippen LogP contribution is -2.27. The summed E-state index contributed by atoms with van der Waals surface area (Å²) in [6.07, 6.45) is -0.160. The van der Waals surface area contributed by atoms with Crippen LogP contribution in [0.4, 0.5) is 19.0 Å². The fraction of sp³-hybridized carbons (Fsp3) is 0.292. The second-order valence-corrected chi connectivity index (χ2v) is 8.23. The molecule has 0 aliphatic carbocycles. The topological polar surface area (TPSA) is 97.3 Å². The van der Waals surface area contributed by atoms with Gasteiger partial charge in [-0.15, -0.1) is 0 Å². The maximum absolute atomic E-state index is 13.1.